The maximum absolute atomic E-state index is 12.3. The molecule has 0 amide bonds. The van der Waals surface area contributed by atoms with Crippen molar-refractivity contribution in [3.8, 4) is 12.0 Å². The molecule has 1 aromatic carbocycles. The van der Waals surface area contributed by atoms with Crippen molar-refractivity contribution in [3.63, 3.8) is 0 Å². The fourth-order valence-corrected chi connectivity index (χ4v) is 1.08. The van der Waals surface area contributed by atoms with Gasteiger partial charge in [-0.05, 0) is 19.1 Å². The maximum atomic E-state index is 12.3. The highest BCUT2D eigenvalue weighted by molar-refractivity contribution is 5.41. The van der Waals surface area contributed by atoms with Crippen LogP contribution >= 0.6 is 0 Å². The molecule has 0 bridgehead atoms. The van der Waals surface area contributed by atoms with Crippen molar-refractivity contribution in [2.75, 3.05) is 0 Å². The molecular weight excluding hydrogens is 195 g/mol. The second-order valence-corrected chi connectivity index (χ2v) is 2.62. The van der Waals surface area contributed by atoms with Crippen LogP contribution in [0, 0.1) is 18.4 Å². The lowest BCUT2D eigenvalue weighted by Crippen LogP contribution is -2.07. The van der Waals surface area contributed by atoms with E-state index in [1.54, 1.807) is 0 Å². The second kappa shape index (κ2) is 3.58. The number of ether oxygens (including phenoxy) is 1. The summed E-state index contributed by atoms with van der Waals surface area (Å²) < 4.78 is 41.4. The zero-order valence-corrected chi connectivity index (χ0v) is 7.22. The number of hydrogen-bond acceptors (Lipinski definition) is 2. The molecule has 0 saturated heterocycles. The third-order valence-electron chi connectivity index (χ3n) is 1.75. The molecule has 0 fully saturated rings. The summed E-state index contributed by atoms with van der Waals surface area (Å²) in [6, 6.07) is 3.45. The van der Waals surface area contributed by atoms with Crippen molar-refractivity contribution in [2.24, 2.45) is 0 Å². The monoisotopic (exact) mass is 201 g/mol. The van der Waals surface area contributed by atoms with Gasteiger partial charge in [-0.25, -0.2) is 0 Å². The minimum absolute atomic E-state index is 0.0673. The van der Waals surface area contributed by atoms with Gasteiger partial charge in [-0.15, -0.1) is 5.26 Å². The van der Waals surface area contributed by atoms with Crippen molar-refractivity contribution < 1.29 is 17.9 Å². The molecule has 0 aliphatic rings. The molecule has 0 saturated carbocycles. The third-order valence-corrected chi connectivity index (χ3v) is 1.75. The van der Waals surface area contributed by atoms with Gasteiger partial charge in [-0.1, -0.05) is 6.07 Å². The van der Waals surface area contributed by atoms with E-state index in [2.05, 4.69) is 4.74 Å². The first-order valence-electron chi connectivity index (χ1n) is 3.69. The van der Waals surface area contributed by atoms with Crippen LogP contribution in [-0.4, -0.2) is 0 Å². The van der Waals surface area contributed by atoms with Crippen molar-refractivity contribution in [2.45, 2.75) is 13.1 Å². The number of nitriles is 1. The Labute approximate surface area is 78.5 Å². The predicted molar refractivity (Wildman–Crippen MR) is 42.4 cm³/mol. The van der Waals surface area contributed by atoms with Gasteiger partial charge in [0.1, 0.15) is 5.75 Å². The molecule has 1 rings (SSSR count). The van der Waals surface area contributed by atoms with E-state index in [1.165, 1.54) is 25.3 Å². The summed E-state index contributed by atoms with van der Waals surface area (Å²) in [4.78, 5) is 0. The summed E-state index contributed by atoms with van der Waals surface area (Å²) in [5.41, 5.74) is -0.869. The zero-order chi connectivity index (χ0) is 10.8. The average molecular weight is 201 g/mol. The Balaban J connectivity index is 3.22. The number of alkyl halides is 3. The smallest absolute Gasteiger partial charge is 0.388 e. The van der Waals surface area contributed by atoms with E-state index in [4.69, 9.17) is 5.26 Å². The molecule has 5 heteroatoms. The Bertz CT molecular complexity index is 379. The molecule has 0 radical (unpaired) electrons. The standard InChI is InChI=1S/C9H6F3NO/c1-6-7(9(10,11)12)3-2-4-8(6)14-5-13/h2-4H,1H3. The lowest BCUT2D eigenvalue weighted by molar-refractivity contribution is -0.138. The first-order valence-corrected chi connectivity index (χ1v) is 3.69. The van der Waals surface area contributed by atoms with Gasteiger partial charge in [-0.2, -0.15) is 13.2 Å². The molecule has 0 aliphatic carbocycles. The van der Waals surface area contributed by atoms with E-state index in [9.17, 15) is 13.2 Å². The van der Waals surface area contributed by atoms with Crippen molar-refractivity contribution in [1.29, 1.82) is 5.26 Å². The van der Waals surface area contributed by atoms with Gasteiger partial charge in [0.25, 0.3) is 6.26 Å². The molecule has 2 nitrogen and oxygen atoms in total. The van der Waals surface area contributed by atoms with Crippen LogP contribution in [0.2, 0.25) is 0 Å². The summed E-state index contributed by atoms with van der Waals surface area (Å²) in [6.45, 7) is 1.26. The van der Waals surface area contributed by atoms with Gasteiger partial charge in [0.2, 0.25) is 0 Å². The summed E-state index contributed by atoms with van der Waals surface area (Å²) in [6.07, 6.45) is -3.08. The Hall–Kier alpha value is -1.70. The zero-order valence-electron chi connectivity index (χ0n) is 7.22. The van der Waals surface area contributed by atoms with E-state index in [-0.39, 0.29) is 11.3 Å². The van der Waals surface area contributed by atoms with E-state index in [1.807, 2.05) is 0 Å². The van der Waals surface area contributed by atoms with Crippen LogP contribution in [0.5, 0.6) is 5.75 Å². The van der Waals surface area contributed by atoms with Crippen LogP contribution in [0.25, 0.3) is 0 Å². The third kappa shape index (κ3) is 1.96. The number of hydrogen-bond donors (Lipinski definition) is 0. The summed E-state index contributed by atoms with van der Waals surface area (Å²) >= 11 is 0. The van der Waals surface area contributed by atoms with E-state index in [0.717, 1.165) is 6.07 Å². The van der Waals surface area contributed by atoms with Crippen LogP contribution < -0.4 is 4.74 Å². The van der Waals surface area contributed by atoms with E-state index >= 15 is 0 Å². The molecule has 0 N–H and O–H groups in total. The van der Waals surface area contributed by atoms with Crippen LogP contribution in [0.1, 0.15) is 11.1 Å². The molecule has 0 atom stereocenters. The van der Waals surface area contributed by atoms with Gasteiger partial charge in [0, 0.05) is 5.56 Å². The largest absolute Gasteiger partial charge is 0.416 e. The number of benzene rings is 1. The minimum atomic E-state index is -4.42. The SMILES string of the molecule is Cc1c(OC#N)cccc1C(F)(F)F. The fraction of sp³-hybridized carbons (Fsp3) is 0.222. The number of nitrogens with zero attached hydrogens (tertiary/aromatic N) is 1. The van der Waals surface area contributed by atoms with E-state index in [0.29, 0.717) is 0 Å². The molecule has 0 spiro atoms. The minimum Gasteiger partial charge on any atom is -0.388 e. The molecule has 74 valence electrons. The van der Waals surface area contributed by atoms with Crippen molar-refractivity contribution >= 4 is 0 Å². The topological polar surface area (TPSA) is 33.0 Å². The molecule has 1 aromatic rings. The van der Waals surface area contributed by atoms with Gasteiger partial charge in [0.15, 0.2) is 0 Å². The van der Waals surface area contributed by atoms with Crippen LogP contribution in [0.3, 0.4) is 0 Å². The first-order chi connectivity index (χ1) is 6.46. The molecule has 0 aliphatic heterocycles. The Morgan fingerprint density at radius 1 is 1.36 bits per heavy atom. The summed E-state index contributed by atoms with van der Waals surface area (Å²) in [7, 11) is 0. The molecular formula is C9H6F3NO. The maximum Gasteiger partial charge on any atom is 0.416 e. The van der Waals surface area contributed by atoms with Crippen LogP contribution in [0.4, 0.5) is 13.2 Å². The average Bonchev–Trinajstić information content (AvgIpc) is 2.07. The van der Waals surface area contributed by atoms with Gasteiger partial charge >= 0.3 is 6.18 Å². The molecule has 0 heterocycles. The first kappa shape index (κ1) is 10.4. The predicted octanol–water partition coefficient (Wildman–Crippen LogP) is 2.87. The van der Waals surface area contributed by atoms with Gasteiger partial charge < -0.3 is 4.74 Å². The van der Waals surface area contributed by atoms with Crippen LogP contribution in [-0.2, 0) is 6.18 Å². The lowest BCUT2D eigenvalue weighted by Gasteiger charge is -2.11. The van der Waals surface area contributed by atoms with E-state index < -0.39 is 11.7 Å². The quantitative estimate of drug-likeness (QED) is 0.654. The fourth-order valence-electron chi connectivity index (χ4n) is 1.08. The lowest BCUT2D eigenvalue weighted by atomic mass is 10.1. The summed E-state index contributed by atoms with van der Waals surface area (Å²) in [5, 5.41) is 8.18. The Morgan fingerprint density at radius 3 is 2.50 bits per heavy atom. The Kier molecular flexibility index (Phi) is 2.65. The highest BCUT2D eigenvalue weighted by Gasteiger charge is 2.33. The highest BCUT2D eigenvalue weighted by atomic mass is 19.4. The highest BCUT2D eigenvalue weighted by Crippen LogP contribution is 2.35. The second-order valence-electron chi connectivity index (χ2n) is 2.62. The van der Waals surface area contributed by atoms with Gasteiger partial charge in [0.05, 0.1) is 5.56 Å². The molecule has 14 heavy (non-hydrogen) atoms. The van der Waals surface area contributed by atoms with Crippen molar-refractivity contribution in [1.82, 2.24) is 0 Å². The van der Waals surface area contributed by atoms with Crippen molar-refractivity contribution in [3.05, 3.63) is 29.3 Å². The normalized spacial score (nSPS) is 10.8. The molecule has 0 aromatic heterocycles. The Morgan fingerprint density at radius 2 is 2.00 bits per heavy atom. The number of rotatable bonds is 1. The molecule has 0 unspecified atom stereocenters. The van der Waals surface area contributed by atoms with Gasteiger partial charge in [-0.3, -0.25) is 0 Å². The number of halogens is 3. The summed E-state index contributed by atoms with van der Waals surface area (Å²) in [5.74, 6) is -0.0673. The van der Waals surface area contributed by atoms with Crippen LogP contribution in [0.15, 0.2) is 18.2 Å².